The van der Waals surface area contributed by atoms with Crippen molar-refractivity contribution in [3.05, 3.63) is 65.5 Å². The second-order valence-electron chi connectivity index (χ2n) is 4.87. The first-order chi connectivity index (χ1) is 8.92. The van der Waals surface area contributed by atoms with Crippen molar-refractivity contribution in [3.8, 4) is 0 Å². The van der Waals surface area contributed by atoms with Crippen molar-refractivity contribution in [1.29, 1.82) is 0 Å². The van der Waals surface area contributed by atoms with Crippen LogP contribution in [0.25, 0.3) is 0 Å². The second-order valence-corrected chi connectivity index (χ2v) is 4.87. The molecule has 3 rings (SSSR count). The van der Waals surface area contributed by atoms with Crippen LogP contribution in [0.1, 0.15) is 35.8 Å². The van der Waals surface area contributed by atoms with E-state index in [4.69, 9.17) is 4.98 Å². The van der Waals surface area contributed by atoms with Crippen molar-refractivity contribution in [2.24, 2.45) is 0 Å². The van der Waals surface area contributed by atoms with Crippen LogP contribution in [0.5, 0.6) is 0 Å². The molecule has 1 atom stereocenters. The first-order valence-electron chi connectivity index (χ1n) is 6.65. The normalized spacial score (nSPS) is 19.0. The Kier molecular flexibility index (Phi) is 3.37. The highest BCUT2D eigenvalue weighted by Gasteiger charge is 2.17. The summed E-state index contributed by atoms with van der Waals surface area (Å²) in [5, 5.41) is 3.50. The van der Waals surface area contributed by atoms with Gasteiger partial charge >= 0.3 is 0 Å². The lowest BCUT2D eigenvalue weighted by molar-refractivity contribution is 0.625. The third-order valence-corrected chi connectivity index (χ3v) is 3.47. The van der Waals surface area contributed by atoms with E-state index < -0.39 is 0 Å². The van der Waals surface area contributed by atoms with E-state index in [-0.39, 0.29) is 0 Å². The molecule has 0 bridgehead atoms. The molecule has 0 saturated carbocycles. The molecular weight excluding hydrogens is 220 g/mol. The van der Waals surface area contributed by atoms with E-state index >= 15 is 0 Å². The van der Waals surface area contributed by atoms with Gasteiger partial charge in [-0.1, -0.05) is 36.4 Å². The number of aromatic nitrogens is 1. The van der Waals surface area contributed by atoms with Crippen LogP contribution >= 0.6 is 0 Å². The van der Waals surface area contributed by atoms with Gasteiger partial charge in [0.1, 0.15) is 0 Å². The lowest BCUT2D eigenvalue weighted by Crippen LogP contribution is -2.14. The van der Waals surface area contributed by atoms with E-state index in [1.165, 1.54) is 24.1 Å². The molecular formula is C16H18N2. The molecule has 1 fully saturated rings. The van der Waals surface area contributed by atoms with Crippen molar-refractivity contribution < 1.29 is 0 Å². The monoisotopic (exact) mass is 238 g/mol. The largest absolute Gasteiger partial charge is 0.309 e. The Balaban J connectivity index is 1.78. The summed E-state index contributed by atoms with van der Waals surface area (Å²) in [6, 6.07) is 17.4. The molecule has 1 aromatic carbocycles. The van der Waals surface area contributed by atoms with Crippen molar-refractivity contribution in [1.82, 2.24) is 10.3 Å². The third kappa shape index (κ3) is 2.59. The maximum absolute atomic E-state index is 4.79. The number of rotatable bonds is 3. The minimum absolute atomic E-state index is 0.459. The zero-order chi connectivity index (χ0) is 12.2. The van der Waals surface area contributed by atoms with Gasteiger partial charge in [-0.3, -0.25) is 4.98 Å². The molecule has 1 N–H and O–H groups in total. The van der Waals surface area contributed by atoms with Gasteiger partial charge in [-0.25, -0.2) is 0 Å². The van der Waals surface area contributed by atoms with Crippen molar-refractivity contribution in [2.45, 2.75) is 25.3 Å². The molecule has 1 unspecified atom stereocenters. The van der Waals surface area contributed by atoms with Crippen LogP contribution in [0.2, 0.25) is 0 Å². The Morgan fingerprint density at radius 1 is 1.06 bits per heavy atom. The quantitative estimate of drug-likeness (QED) is 0.888. The van der Waals surface area contributed by atoms with E-state index in [0.717, 1.165) is 18.7 Å². The van der Waals surface area contributed by atoms with Crippen molar-refractivity contribution in [2.75, 3.05) is 6.54 Å². The smallest absolute Gasteiger partial charge is 0.0576 e. The van der Waals surface area contributed by atoms with Crippen LogP contribution in [0, 0.1) is 0 Å². The number of pyridine rings is 1. The zero-order valence-electron chi connectivity index (χ0n) is 10.5. The first kappa shape index (κ1) is 11.4. The van der Waals surface area contributed by atoms with Gasteiger partial charge in [0.2, 0.25) is 0 Å². The van der Waals surface area contributed by atoms with E-state index in [9.17, 15) is 0 Å². The fraction of sp³-hybridized carbons (Fsp3) is 0.312. The van der Waals surface area contributed by atoms with Crippen molar-refractivity contribution >= 4 is 0 Å². The first-order valence-corrected chi connectivity index (χ1v) is 6.65. The topological polar surface area (TPSA) is 24.9 Å². The third-order valence-electron chi connectivity index (χ3n) is 3.47. The van der Waals surface area contributed by atoms with E-state index in [1.54, 1.807) is 0 Å². The average Bonchev–Trinajstić information content (AvgIpc) is 2.94. The summed E-state index contributed by atoms with van der Waals surface area (Å²) in [5.41, 5.74) is 3.68. The predicted molar refractivity (Wildman–Crippen MR) is 73.5 cm³/mol. The van der Waals surface area contributed by atoms with Crippen LogP contribution in [-0.4, -0.2) is 11.5 Å². The number of hydrogen-bond acceptors (Lipinski definition) is 2. The summed E-state index contributed by atoms with van der Waals surface area (Å²) in [6.07, 6.45) is 3.39. The minimum Gasteiger partial charge on any atom is -0.309 e. The molecule has 2 heteroatoms. The van der Waals surface area contributed by atoms with Gasteiger partial charge in [0, 0.05) is 18.2 Å². The van der Waals surface area contributed by atoms with Crippen LogP contribution in [-0.2, 0) is 6.42 Å². The second kappa shape index (κ2) is 5.32. The standard InChI is InChI=1S/C16H18N2/c1-2-6-13(7-3-1)12-14-8-4-9-16(18-14)15-10-5-11-17-15/h1-4,6-9,15,17H,5,10-12H2. The maximum atomic E-state index is 4.79. The van der Waals surface area contributed by atoms with E-state index in [1.807, 2.05) is 0 Å². The Bertz CT molecular complexity index is 502. The number of hydrogen-bond donors (Lipinski definition) is 1. The van der Waals surface area contributed by atoms with Gasteiger partial charge < -0.3 is 5.32 Å². The van der Waals surface area contributed by atoms with Crippen molar-refractivity contribution in [3.63, 3.8) is 0 Å². The molecule has 2 heterocycles. The summed E-state index contributed by atoms with van der Waals surface area (Å²) in [6.45, 7) is 1.12. The van der Waals surface area contributed by atoms with Gasteiger partial charge in [0.15, 0.2) is 0 Å². The Labute approximate surface area is 108 Å². The van der Waals surface area contributed by atoms with Gasteiger partial charge in [-0.15, -0.1) is 0 Å². The average molecular weight is 238 g/mol. The molecule has 1 aliphatic heterocycles. The lowest BCUT2D eigenvalue weighted by Gasteiger charge is -2.11. The highest BCUT2D eigenvalue weighted by atomic mass is 15.0. The molecule has 1 saturated heterocycles. The van der Waals surface area contributed by atoms with Crippen LogP contribution in [0.15, 0.2) is 48.5 Å². The molecule has 18 heavy (non-hydrogen) atoms. The van der Waals surface area contributed by atoms with Gasteiger partial charge in [0.25, 0.3) is 0 Å². The lowest BCUT2D eigenvalue weighted by atomic mass is 10.1. The Morgan fingerprint density at radius 2 is 1.94 bits per heavy atom. The summed E-state index contributed by atoms with van der Waals surface area (Å²) < 4.78 is 0. The summed E-state index contributed by atoms with van der Waals surface area (Å²) in [7, 11) is 0. The Morgan fingerprint density at radius 3 is 2.72 bits per heavy atom. The highest BCUT2D eigenvalue weighted by molar-refractivity contribution is 5.23. The zero-order valence-corrected chi connectivity index (χ0v) is 10.5. The van der Waals surface area contributed by atoms with Gasteiger partial charge in [0.05, 0.1) is 5.69 Å². The highest BCUT2D eigenvalue weighted by Crippen LogP contribution is 2.21. The molecule has 0 amide bonds. The summed E-state index contributed by atoms with van der Waals surface area (Å²) in [4.78, 5) is 4.79. The fourth-order valence-corrected chi connectivity index (χ4v) is 2.53. The number of nitrogens with one attached hydrogen (secondary N) is 1. The van der Waals surface area contributed by atoms with Crippen LogP contribution < -0.4 is 5.32 Å². The maximum Gasteiger partial charge on any atom is 0.0576 e. The van der Waals surface area contributed by atoms with Crippen LogP contribution in [0.3, 0.4) is 0 Å². The molecule has 1 aromatic heterocycles. The predicted octanol–water partition coefficient (Wildman–Crippen LogP) is 3.10. The minimum atomic E-state index is 0.459. The summed E-state index contributed by atoms with van der Waals surface area (Å²) >= 11 is 0. The number of benzene rings is 1. The molecule has 1 aliphatic rings. The molecule has 2 aromatic rings. The van der Waals surface area contributed by atoms with Gasteiger partial charge in [-0.2, -0.15) is 0 Å². The summed E-state index contributed by atoms with van der Waals surface area (Å²) in [5.74, 6) is 0. The van der Waals surface area contributed by atoms with Gasteiger partial charge in [-0.05, 0) is 37.1 Å². The molecule has 92 valence electrons. The molecule has 2 nitrogen and oxygen atoms in total. The molecule has 0 spiro atoms. The van der Waals surface area contributed by atoms with Crippen LogP contribution in [0.4, 0.5) is 0 Å². The fourth-order valence-electron chi connectivity index (χ4n) is 2.53. The Hall–Kier alpha value is -1.67. The SMILES string of the molecule is c1ccc(Cc2cccc(C3CCCN3)n2)cc1. The van der Waals surface area contributed by atoms with E-state index in [2.05, 4.69) is 53.8 Å². The van der Waals surface area contributed by atoms with E-state index in [0.29, 0.717) is 6.04 Å². The molecule has 0 aliphatic carbocycles. The number of nitrogens with zero attached hydrogens (tertiary/aromatic N) is 1. The molecule has 0 radical (unpaired) electrons.